The van der Waals surface area contributed by atoms with E-state index in [1.165, 1.54) is 4.90 Å². The van der Waals surface area contributed by atoms with Gasteiger partial charge < -0.3 is 9.64 Å². The third-order valence-corrected chi connectivity index (χ3v) is 5.59. The number of hydrogen-bond donors (Lipinski definition) is 0. The number of rotatable bonds is 6. The van der Waals surface area contributed by atoms with Crippen molar-refractivity contribution in [3.63, 3.8) is 0 Å². The first-order chi connectivity index (χ1) is 15.4. The van der Waals surface area contributed by atoms with Crippen LogP contribution in [0, 0.1) is 13.8 Å². The number of carbonyl (C=O) groups excluding carboxylic acids is 2. The molecule has 0 N–H and O–H groups in total. The second kappa shape index (κ2) is 8.67. The van der Waals surface area contributed by atoms with Crippen LogP contribution in [0.15, 0.2) is 66.7 Å². The average Bonchev–Trinajstić information content (AvgIpc) is 3.11. The van der Waals surface area contributed by atoms with Gasteiger partial charge in [-0.05, 0) is 60.5 Å². The molecule has 0 aliphatic rings. The van der Waals surface area contributed by atoms with E-state index >= 15 is 0 Å². The van der Waals surface area contributed by atoms with Gasteiger partial charge in [-0.15, -0.1) is 0 Å². The van der Waals surface area contributed by atoms with Crippen molar-refractivity contribution >= 4 is 22.5 Å². The van der Waals surface area contributed by atoms with E-state index in [1.54, 1.807) is 25.8 Å². The smallest absolute Gasteiger partial charge is 0.295 e. The predicted octanol–water partition coefficient (Wildman–Crippen LogP) is 4.49. The van der Waals surface area contributed by atoms with Gasteiger partial charge in [-0.1, -0.05) is 36.4 Å². The second-order valence-electron chi connectivity index (χ2n) is 7.83. The highest BCUT2D eigenvalue weighted by Gasteiger charge is 2.27. The SMILES string of the molecule is COc1ccc2cc(CN(C)C(=O)C(=O)c3c(C)nn(-c4ccccc4)c3C)ccc2c1. The van der Waals surface area contributed by atoms with Crippen molar-refractivity contribution in [2.24, 2.45) is 0 Å². The van der Waals surface area contributed by atoms with Crippen molar-refractivity contribution in [1.82, 2.24) is 14.7 Å². The maximum absolute atomic E-state index is 13.1. The van der Waals surface area contributed by atoms with E-state index in [9.17, 15) is 9.59 Å². The number of benzene rings is 3. The van der Waals surface area contributed by atoms with Gasteiger partial charge in [0.25, 0.3) is 11.7 Å². The fraction of sp³-hybridized carbons (Fsp3) is 0.192. The second-order valence-corrected chi connectivity index (χ2v) is 7.83. The monoisotopic (exact) mass is 427 g/mol. The summed E-state index contributed by atoms with van der Waals surface area (Å²) in [4.78, 5) is 27.5. The number of Topliss-reactive ketones (excluding diaryl/α,β-unsaturated/α-hetero) is 1. The van der Waals surface area contributed by atoms with Crippen molar-refractivity contribution in [3.8, 4) is 11.4 Å². The van der Waals surface area contributed by atoms with Gasteiger partial charge in [-0.3, -0.25) is 9.59 Å². The topological polar surface area (TPSA) is 64.4 Å². The lowest BCUT2D eigenvalue weighted by Crippen LogP contribution is -2.33. The molecule has 0 bridgehead atoms. The lowest BCUT2D eigenvalue weighted by atomic mass is 10.1. The Morgan fingerprint density at radius 2 is 1.66 bits per heavy atom. The zero-order valence-electron chi connectivity index (χ0n) is 18.6. The van der Waals surface area contributed by atoms with E-state index in [2.05, 4.69) is 5.10 Å². The Kier molecular flexibility index (Phi) is 5.77. The van der Waals surface area contributed by atoms with Crippen LogP contribution in [0.3, 0.4) is 0 Å². The van der Waals surface area contributed by atoms with E-state index in [0.29, 0.717) is 23.5 Å². The van der Waals surface area contributed by atoms with Gasteiger partial charge in [0.1, 0.15) is 5.75 Å². The van der Waals surface area contributed by atoms with Gasteiger partial charge >= 0.3 is 0 Å². The summed E-state index contributed by atoms with van der Waals surface area (Å²) in [5.74, 6) is -0.307. The summed E-state index contributed by atoms with van der Waals surface area (Å²) < 4.78 is 6.97. The molecule has 32 heavy (non-hydrogen) atoms. The van der Waals surface area contributed by atoms with Crippen LogP contribution < -0.4 is 4.74 Å². The number of likely N-dealkylation sites (N-methyl/N-ethyl adjacent to an activating group) is 1. The summed E-state index contributed by atoms with van der Waals surface area (Å²) in [7, 11) is 3.28. The molecule has 3 aromatic carbocycles. The van der Waals surface area contributed by atoms with Crippen LogP contribution in [-0.2, 0) is 11.3 Å². The molecule has 0 unspecified atom stereocenters. The average molecular weight is 428 g/mol. The fourth-order valence-electron chi connectivity index (χ4n) is 3.92. The molecule has 0 atom stereocenters. The molecule has 1 heterocycles. The molecule has 0 fully saturated rings. The van der Waals surface area contributed by atoms with E-state index in [0.717, 1.165) is 27.8 Å². The van der Waals surface area contributed by atoms with Crippen molar-refractivity contribution in [3.05, 3.63) is 89.2 Å². The van der Waals surface area contributed by atoms with Crippen LogP contribution in [0.5, 0.6) is 5.75 Å². The molecule has 0 saturated heterocycles. The Labute approximate surface area is 187 Å². The number of carbonyl (C=O) groups is 2. The Morgan fingerprint density at radius 3 is 2.38 bits per heavy atom. The third-order valence-electron chi connectivity index (χ3n) is 5.59. The van der Waals surface area contributed by atoms with Gasteiger partial charge in [-0.2, -0.15) is 5.10 Å². The van der Waals surface area contributed by atoms with Crippen LogP contribution in [0.25, 0.3) is 16.5 Å². The number of nitrogens with zero attached hydrogens (tertiary/aromatic N) is 3. The molecule has 4 aromatic rings. The first-order valence-electron chi connectivity index (χ1n) is 10.4. The number of hydrogen-bond acceptors (Lipinski definition) is 4. The van der Waals surface area contributed by atoms with E-state index < -0.39 is 11.7 Å². The molecule has 0 aliphatic heterocycles. The number of ketones is 1. The Morgan fingerprint density at radius 1 is 0.969 bits per heavy atom. The molecule has 1 aromatic heterocycles. The standard InChI is InChI=1S/C26H25N3O3/c1-17-24(18(2)29(27-17)22-8-6-5-7-9-22)25(30)26(31)28(3)16-19-10-11-21-15-23(32-4)13-12-20(21)14-19/h5-15H,16H2,1-4H3. The number of aryl methyl sites for hydroxylation is 1. The molecule has 0 aliphatic carbocycles. The van der Waals surface area contributed by atoms with Crippen LogP contribution in [0.2, 0.25) is 0 Å². The molecule has 1 amide bonds. The number of aromatic nitrogens is 2. The fourth-order valence-corrected chi connectivity index (χ4v) is 3.92. The highest BCUT2D eigenvalue weighted by molar-refractivity contribution is 6.43. The van der Waals surface area contributed by atoms with E-state index in [-0.39, 0.29) is 0 Å². The molecule has 0 radical (unpaired) electrons. The molecule has 6 nitrogen and oxygen atoms in total. The summed E-state index contributed by atoms with van der Waals surface area (Å²) in [6.07, 6.45) is 0. The Hall–Kier alpha value is -3.93. The summed E-state index contributed by atoms with van der Waals surface area (Å²) in [5.41, 5.74) is 3.34. The quantitative estimate of drug-likeness (QED) is 0.336. The highest BCUT2D eigenvalue weighted by atomic mass is 16.5. The van der Waals surface area contributed by atoms with Crippen molar-refractivity contribution < 1.29 is 14.3 Å². The normalized spacial score (nSPS) is 10.9. The first-order valence-corrected chi connectivity index (χ1v) is 10.4. The van der Waals surface area contributed by atoms with Gasteiger partial charge in [0.05, 0.1) is 29.7 Å². The summed E-state index contributed by atoms with van der Waals surface area (Å²) in [6.45, 7) is 3.90. The van der Waals surface area contributed by atoms with Crippen molar-refractivity contribution in [1.29, 1.82) is 0 Å². The molecule has 6 heteroatoms. The van der Waals surface area contributed by atoms with Crippen molar-refractivity contribution in [2.75, 3.05) is 14.2 Å². The van der Waals surface area contributed by atoms with Gasteiger partial charge in [0.15, 0.2) is 0 Å². The van der Waals surface area contributed by atoms with Gasteiger partial charge in [-0.25, -0.2) is 4.68 Å². The molecular formula is C26H25N3O3. The zero-order valence-corrected chi connectivity index (χ0v) is 18.6. The summed E-state index contributed by atoms with van der Waals surface area (Å²) in [5, 5.41) is 6.59. The largest absolute Gasteiger partial charge is 0.497 e. The predicted molar refractivity (Wildman–Crippen MR) is 124 cm³/mol. The lowest BCUT2D eigenvalue weighted by molar-refractivity contribution is -0.125. The van der Waals surface area contributed by atoms with E-state index in [1.807, 2.05) is 73.7 Å². The van der Waals surface area contributed by atoms with Crippen molar-refractivity contribution in [2.45, 2.75) is 20.4 Å². The van der Waals surface area contributed by atoms with Crippen LogP contribution in [-0.4, -0.2) is 40.5 Å². The van der Waals surface area contributed by atoms with Crippen LogP contribution in [0.4, 0.5) is 0 Å². The minimum absolute atomic E-state index is 0.331. The lowest BCUT2D eigenvalue weighted by Gasteiger charge is -2.17. The molecule has 0 saturated carbocycles. The molecule has 4 rings (SSSR count). The number of amides is 1. The minimum Gasteiger partial charge on any atom is -0.497 e. The third kappa shape index (κ3) is 3.99. The number of fused-ring (bicyclic) bond motifs is 1. The highest BCUT2D eigenvalue weighted by Crippen LogP contribution is 2.23. The van der Waals surface area contributed by atoms with E-state index in [4.69, 9.17) is 4.74 Å². The first kappa shape index (κ1) is 21.3. The van der Waals surface area contributed by atoms with Crippen LogP contribution >= 0.6 is 0 Å². The number of methoxy groups -OCH3 is 1. The minimum atomic E-state index is -0.557. The molecular weight excluding hydrogens is 402 g/mol. The molecule has 162 valence electrons. The maximum Gasteiger partial charge on any atom is 0.295 e. The summed E-state index contributed by atoms with van der Waals surface area (Å²) >= 11 is 0. The number of para-hydroxylation sites is 1. The maximum atomic E-state index is 13.1. The zero-order chi connectivity index (χ0) is 22.8. The summed E-state index contributed by atoms with van der Waals surface area (Å²) in [6, 6.07) is 21.4. The number of ether oxygens (including phenoxy) is 1. The van der Waals surface area contributed by atoms with Gasteiger partial charge in [0.2, 0.25) is 0 Å². The molecule has 0 spiro atoms. The Bertz CT molecular complexity index is 1310. The Balaban J connectivity index is 1.55. The van der Waals surface area contributed by atoms with Crippen LogP contribution in [0.1, 0.15) is 27.3 Å². The van der Waals surface area contributed by atoms with Gasteiger partial charge in [0, 0.05) is 13.6 Å².